The maximum absolute atomic E-state index is 5.94. The molecule has 0 radical (unpaired) electrons. The number of thiazole rings is 1. The second-order valence-corrected chi connectivity index (χ2v) is 4.27. The Balaban J connectivity index is 1.83. The van der Waals surface area contributed by atoms with E-state index in [0.29, 0.717) is 0 Å². The Hall–Kier alpha value is -0.410. The molecule has 1 aliphatic rings. The molecule has 0 aliphatic heterocycles. The molecule has 1 aromatic rings. The van der Waals surface area contributed by atoms with Crippen molar-refractivity contribution in [3.05, 3.63) is 16.6 Å². The lowest BCUT2D eigenvalue weighted by molar-refractivity contribution is 0.608. The minimum absolute atomic E-state index is 0.186. The van der Waals surface area contributed by atoms with Gasteiger partial charge in [-0.25, -0.2) is 4.98 Å². The van der Waals surface area contributed by atoms with Gasteiger partial charge >= 0.3 is 0 Å². The van der Waals surface area contributed by atoms with Crippen LogP contribution in [-0.2, 0) is 6.42 Å². The monoisotopic (exact) mass is 168 g/mol. The molecular weight excluding hydrogens is 156 g/mol. The van der Waals surface area contributed by atoms with Crippen molar-refractivity contribution < 1.29 is 0 Å². The Morgan fingerprint density at radius 2 is 2.45 bits per heavy atom. The van der Waals surface area contributed by atoms with E-state index in [4.69, 9.17) is 5.73 Å². The van der Waals surface area contributed by atoms with Gasteiger partial charge in [-0.05, 0) is 19.3 Å². The number of hydrogen-bond donors (Lipinski definition) is 1. The van der Waals surface area contributed by atoms with E-state index in [9.17, 15) is 0 Å². The summed E-state index contributed by atoms with van der Waals surface area (Å²) in [5, 5.41) is 3.24. The van der Waals surface area contributed by atoms with Crippen molar-refractivity contribution in [3.8, 4) is 0 Å². The maximum atomic E-state index is 5.94. The Labute approximate surface area is 70.5 Å². The molecule has 0 aromatic carbocycles. The summed E-state index contributed by atoms with van der Waals surface area (Å²) in [7, 11) is 0. The predicted molar refractivity (Wildman–Crippen MR) is 46.6 cm³/mol. The highest BCUT2D eigenvalue weighted by Gasteiger charge is 2.37. The molecule has 1 saturated carbocycles. The van der Waals surface area contributed by atoms with E-state index in [1.54, 1.807) is 11.3 Å². The van der Waals surface area contributed by atoms with Gasteiger partial charge < -0.3 is 5.73 Å². The Morgan fingerprint density at radius 3 is 3.00 bits per heavy atom. The molecule has 0 saturated heterocycles. The summed E-state index contributed by atoms with van der Waals surface area (Å²) in [6, 6.07) is 0. The van der Waals surface area contributed by atoms with Gasteiger partial charge in [0.2, 0.25) is 0 Å². The van der Waals surface area contributed by atoms with Crippen LogP contribution in [0.1, 0.15) is 24.3 Å². The molecule has 2 rings (SSSR count). The highest BCUT2D eigenvalue weighted by molar-refractivity contribution is 7.09. The van der Waals surface area contributed by atoms with Crippen LogP contribution in [0.5, 0.6) is 0 Å². The first-order valence-corrected chi connectivity index (χ1v) is 4.84. The first-order chi connectivity index (χ1) is 5.29. The zero-order chi connectivity index (χ0) is 7.73. The molecule has 3 heteroatoms. The fraction of sp³-hybridized carbons (Fsp3) is 0.625. The molecule has 0 atom stereocenters. The standard InChI is InChI=1S/C8H12N2S/c9-8(3-4-8)2-1-7-10-5-6-11-7/h5-6H,1-4,9H2. The summed E-state index contributed by atoms with van der Waals surface area (Å²) in [6.07, 6.45) is 6.45. The second kappa shape index (κ2) is 2.57. The predicted octanol–water partition coefficient (Wildman–Crippen LogP) is 1.57. The highest BCUT2D eigenvalue weighted by atomic mass is 32.1. The molecule has 0 bridgehead atoms. The van der Waals surface area contributed by atoms with Gasteiger partial charge in [-0.1, -0.05) is 0 Å². The average molecular weight is 168 g/mol. The van der Waals surface area contributed by atoms with E-state index in [1.165, 1.54) is 17.8 Å². The van der Waals surface area contributed by atoms with Gasteiger partial charge in [0.05, 0.1) is 5.01 Å². The fourth-order valence-electron chi connectivity index (χ4n) is 1.14. The van der Waals surface area contributed by atoms with E-state index in [2.05, 4.69) is 4.98 Å². The topological polar surface area (TPSA) is 38.9 Å². The lowest BCUT2D eigenvalue weighted by Crippen LogP contribution is -2.21. The number of hydrogen-bond acceptors (Lipinski definition) is 3. The van der Waals surface area contributed by atoms with Crippen LogP contribution in [-0.4, -0.2) is 10.5 Å². The summed E-state index contributed by atoms with van der Waals surface area (Å²) in [5.41, 5.74) is 6.13. The van der Waals surface area contributed by atoms with E-state index in [-0.39, 0.29) is 5.54 Å². The van der Waals surface area contributed by atoms with Crippen LogP contribution >= 0.6 is 11.3 Å². The molecule has 1 aromatic heterocycles. The van der Waals surface area contributed by atoms with Gasteiger partial charge in [0.1, 0.15) is 0 Å². The van der Waals surface area contributed by atoms with E-state index in [1.807, 2.05) is 11.6 Å². The Morgan fingerprint density at radius 1 is 1.64 bits per heavy atom. The number of nitrogens with zero attached hydrogens (tertiary/aromatic N) is 1. The number of nitrogens with two attached hydrogens (primary N) is 1. The lowest BCUT2D eigenvalue weighted by atomic mass is 10.1. The van der Waals surface area contributed by atoms with Crippen LogP contribution in [0, 0.1) is 0 Å². The molecular formula is C8H12N2S. The Kier molecular flexibility index (Phi) is 1.69. The molecule has 0 unspecified atom stereocenters. The Bertz CT molecular complexity index is 226. The van der Waals surface area contributed by atoms with Crippen molar-refractivity contribution >= 4 is 11.3 Å². The molecule has 1 aliphatic carbocycles. The highest BCUT2D eigenvalue weighted by Crippen LogP contribution is 2.36. The molecule has 2 nitrogen and oxygen atoms in total. The molecule has 1 fully saturated rings. The van der Waals surface area contributed by atoms with Gasteiger partial charge in [0.15, 0.2) is 0 Å². The van der Waals surface area contributed by atoms with Crippen LogP contribution in [0.25, 0.3) is 0 Å². The van der Waals surface area contributed by atoms with Gasteiger partial charge in [-0.2, -0.15) is 0 Å². The van der Waals surface area contributed by atoms with Crippen molar-refractivity contribution in [3.63, 3.8) is 0 Å². The van der Waals surface area contributed by atoms with Gasteiger partial charge in [0, 0.05) is 23.5 Å². The summed E-state index contributed by atoms with van der Waals surface area (Å²) >= 11 is 1.72. The first kappa shape index (κ1) is 7.25. The number of rotatable bonds is 3. The lowest BCUT2D eigenvalue weighted by Gasteiger charge is -2.04. The van der Waals surface area contributed by atoms with Crippen molar-refractivity contribution in [1.29, 1.82) is 0 Å². The third-order valence-electron chi connectivity index (χ3n) is 2.21. The molecule has 0 amide bonds. The molecule has 1 heterocycles. The summed E-state index contributed by atoms with van der Waals surface area (Å²) in [4.78, 5) is 4.21. The van der Waals surface area contributed by atoms with Gasteiger partial charge in [-0.3, -0.25) is 0 Å². The first-order valence-electron chi connectivity index (χ1n) is 3.96. The van der Waals surface area contributed by atoms with Crippen LogP contribution < -0.4 is 5.73 Å². The third-order valence-corrected chi connectivity index (χ3v) is 3.05. The van der Waals surface area contributed by atoms with E-state index < -0.39 is 0 Å². The van der Waals surface area contributed by atoms with Crippen molar-refractivity contribution in [2.24, 2.45) is 5.73 Å². The average Bonchev–Trinajstić information content (AvgIpc) is 2.53. The molecule has 0 spiro atoms. The van der Waals surface area contributed by atoms with Crippen LogP contribution in [0.2, 0.25) is 0 Å². The zero-order valence-corrected chi connectivity index (χ0v) is 7.23. The molecule has 2 N–H and O–H groups in total. The van der Waals surface area contributed by atoms with Crippen LogP contribution in [0.4, 0.5) is 0 Å². The summed E-state index contributed by atoms with van der Waals surface area (Å²) < 4.78 is 0. The largest absolute Gasteiger partial charge is 0.325 e. The second-order valence-electron chi connectivity index (χ2n) is 3.29. The number of aryl methyl sites for hydroxylation is 1. The minimum atomic E-state index is 0.186. The quantitative estimate of drug-likeness (QED) is 0.744. The minimum Gasteiger partial charge on any atom is -0.325 e. The van der Waals surface area contributed by atoms with E-state index >= 15 is 0 Å². The van der Waals surface area contributed by atoms with Crippen LogP contribution in [0.15, 0.2) is 11.6 Å². The summed E-state index contributed by atoms with van der Waals surface area (Å²) in [5.74, 6) is 0. The maximum Gasteiger partial charge on any atom is 0.0925 e. The SMILES string of the molecule is NC1(CCc2nccs2)CC1. The molecule has 60 valence electrons. The van der Waals surface area contributed by atoms with Gasteiger partial charge in [-0.15, -0.1) is 11.3 Å². The van der Waals surface area contributed by atoms with Crippen molar-refractivity contribution in [2.75, 3.05) is 0 Å². The smallest absolute Gasteiger partial charge is 0.0925 e. The summed E-state index contributed by atoms with van der Waals surface area (Å²) in [6.45, 7) is 0. The molecule has 11 heavy (non-hydrogen) atoms. The third kappa shape index (κ3) is 1.79. The fourth-order valence-corrected chi connectivity index (χ4v) is 1.76. The van der Waals surface area contributed by atoms with Crippen molar-refractivity contribution in [2.45, 2.75) is 31.2 Å². The van der Waals surface area contributed by atoms with Crippen LogP contribution in [0.3, 0.4) is 0 Å². The zero-order valence-electron chi connectivity index (χ0n) is 6.42. The van der Waals surface area contributed by atoms with Crippen molar-refractivity contribution in [1.82, 2.24) is 4.98 Å². The number of aromatic nitrogens is 1. The normalized spacial score (nSPS) is 20.1. The van der Waals surface area contributed by atoms with Gasteiger partial charge in [0.25, 0.3) is 0 Å². The van der Waals surface area contributed by atoms with E-state index in [0.717, 1.165) is 12.8 Å².